The second-order valence-electron chi connectivity index (χ2n) is 5.85. The number of hydrogen-bond acceptors (Lipinski definition) is 3. The summed E-state index contributed by atoms with van der Waals surface area (Å²) < 4.78 is 10.9. The monoisotopic (exact) mass is 357 g/mol. The van der Waals surface area contributed by atoms with Crippen LogP contribution < -0.4 is 9.47 Å². The lowest BCUT2D eigenvalue weighted by Gasteiger charge is -2.37. The molecule has 2 aromatic rings. The summed E-state index contributed by atoms with van der Waals surface area (Å²) in [6.07, 6.45) is 2.11. The Morgan fingerprint density at radius 3 is 2.44 bits per heavy atom. The molecule has 0 bridgehead atoms. The number of carbonyl (C=O) groups excluding carboxylic acids is 1. The third kappa shape index (κ3) is 3.22. The van der Waals surface area contributed by atoms with Crippen molar-refractivity contribution in [2.45, 2.75) is 12.5 Å². The van der Waals surface area contributed by atoms with Gasteiger partial charge in [-0.1, -0.05) is 30.3 Å². The second-order valence-corrected chi connectivity index (χ2v) is 6.28. The highest BCUT2D eigenvalue weighted by Gasteiger charge is 2.32. The van der Waals surface area contributed by atoms with Gasteiger partial charge in [-0.15, -0.1) is 0 Å². The Labute approximate surface area is 152 Å². The van der Waals surface area contributed by atoms with E-state index in [9.17, 15) is 4.79 Å². The molecule has 1 aliphatic rings. The molecule has 0 aliphatic carbocycles. The van der Waals surface area contributed by atoms with Gasteiger partial charge in [0.2, 0.25) is 5.91 Å². The first-order valence-electron chi connectivity index (χ1n) is 8.02. The Hall–Kier alpha value is -2.46. The van der Waals surface area contributed by atoms with Gasteiger partial charge in [0.15, 0.2) is 11.5 Å². The standard InChI is InChI=1S/C20H20ClNO3/c1-4-19(23)22-10-9-14-11-17(24-2)18(25-3)12-16(14)20(22)13-5-7-15(21)8-6-13/h4-8,11-12,20H,1,9-10H2,2-3H3. The van der Waals surface area contributed by atoms with Crippen molar-refractivity contribution < 1.29 is 14.3 Å². The lowest BCUT2D eigenvalue weighted by atomic mass is 9.87. The van der Waals surface area contributed by atoms with Gasteiger partial charge in [-0.05, 0) is 53.5 Å². The van der Waals surface area contributed by atoms with E-state index in [0.29, 0.717) is 23.1 Å². The maximum atomic E-state index is 12.4. The highest BCUT2D eigenvalue weighted by atomic mass is 35.5. The second kappa shape index (κ2) is 7.19. The summed E-state index contributed by atoms with van der Waals surface area (Å²) in [4.78, 5) is 14.3. The van der Waals surface area contributed by atoms with Crippen LogP contribution in [0.4, 0.5) is 0 Å². The van der Waals surface area contributed by atoms with Crippen LogP contribution in [-0.4, -0.2) is 31.6 Å². The lowest BCUT2D eigenvalue weighted by Crippen LogP contribution is -2.39. The van der Waals surface area contributed by atoms with Crippen LogP contribution in [0.1, 0.15) is 22.7 Å². The fourth-order valence-corrected chi connectivity index (χ4v) is 3.43. The summed E-state index contributed by atoms with van der Waals surface area (Å²) in [6, 6.07) is 11.3. The van der Waals surface area contributed by atoms with Crippen molar-refractivity contribution in [1.29, 1.82) is 0 Å². The zero-order valence-electron chi connectivity index (χ0n) is 14.3. The minimum absolute atomic E-state index is 0.0969. The Bertz CT molecular complexity index is 801. The van der Waals surface area contributed by atoms with Crippen molar-refractivity contribution >= 4 is 17.5 Å². The number of nitrogens with zero attached hydrogens (tertiary/aromatic N) is 1. The van der Waals surface area contributed by atoms with E-state index < -0.39 is 0 Å². The van der Waals surface area contributed by atoms with Crippen molar-refractivity contribution in [1.82, 2.24) is 4.90 Å². The smallest absolute Gasteiger partial charge is 0.246 e. The first-order valence-corrected chi connectivity index (χ1v) is 8.40. The lowest BCUT2D eigenvalue weighted by molar-refractivity contribution is -0.128. The number of hydrogen-bond donors (Lipinski definition) is 0. The first kappa shape index (κ1) is 17.4. The van der Waals surface area contributed by atoms with Gasteiger partial charge < -0.3 is 14.4 Å². The number of amides is 1. The molecular weight excluding hydrogens is 338 g/mol. The number of benzene rings is 2. The maximum absolute atomic E-state index is 12.4. The normalized spacial score (nSPS) is 16.1. The summed E-state index contributed by atoms with van der Waals surface area (Å²) >= 11 is 6.03. The van der Waals surface area contributed by atoms with Crippen LogP contribution in [0.25, 0.3) is 0 Å². The molecule has 3 rings (SSSR count). The fraction of sp³-hybridized carbons (Fsp3) is 0.250. The molecule has 2 aromatic carbocycles. The minimum Gasteiger partial charge on any atom is -0.493 e. The van der Waals surface area contributed by atoms with E-state index in [1.165, 1.54) is 6.08 Å². The topological polar surface area (TPSA) is 38.8 Å². The number of rotatable bonds is 4. The van der Waals surface area contributed by atoms with Crippen molar-refractivity contribution in [3.05, 3.63) is 70.8 Å². The van der Waals surface area contributed by atoms with E-state index in [0.717, 1.165) is 23.1 Å². The third-order valence-electron chi connectivity index (χ3n) is 4.52. The van der Waals surface area contributed by atoms with Crippen LogP contribution >= 0.6 is 11.6 Å². The quantitative estimate of drug-likeness (QED) is 0.776. The van der Waals surface area contributed by atoms with Crippen LogP contribution in [0, 0.1) is 0 Å². The van der Waals surface area contributed by atoms with Crippen LogP contribution in [0.15, 0.2) is 49.1 Å². The zero-order valence-corrected chi connectivity index (χ0v) is 15.0. The molecule has 1 heterocycles. The molecule has 1 unspecified atom stereocenters. The molecule has 0 fully saturated rings. The molecule has 0 radical (unpaired) electrons. The molecule has 1 aliphatic heterocycles. The molecule has 4 nitrogen and oxygen atoms in total. The van der Waals surface area contributed by atoms with Gasteiger partial charge in [-0.2, -0.15) is 0 Å². The Morgan fingerprint density at radius 1 is 1.20 bits per heavy atom. The van der Waals surface area contributed by atoms with Gasteiger partial charge in [0.1, 0.15) is 0 Å². The Balaban J connectivity index is 2.17. The molecule has 130 valence electrons. The Morgan fingerprint density at radius 2 is 1.84 bits per heavy atom. The predicted molar refractivity (Wildman–Crippen MR) is 98.5 cm³/mol. The van der Waals surface area contributed by atoms with Crippen molar-refractivity contribution in [3.63, 3.8) is 0 Å². The summed E-state index contributed by atoms with van der Waals surface area (Å²) in [5, 5.41) is 0.661. The zero-order chi connectivity index (χ0) is 18.0. The van der Waals surface area contributed by atoms with Crippen LogP contribution in [-0.2, 0) is 11.2 Å². The van der Waals surface area contributed by atoms with Crippen LogP contribution in [0.2, 0.25) is 5.02 Å². The Kier molecular flexibility index (Phi) is 5.00. The summed E-state index contributed by atoms with van der Waals surface area (Å²) in [6.45, 7) is 4.25. The van der Waals surface area contributed by atoms with E-state index >= 15 is 0 Å². The van der Waals surface area contributed by atoms with E-state index in [-0.39, 0.29) is 11.9 Å². The number of ether oxygens (including phenoxy) is 2. The molecule has 1 atom stereocenters. The SMILES string of the molecule is C=CC(=O)N1CCc2cc(OC)c(OC)cc2C1c1ccc(Cl)cc1. The minimum atomic E-state index is -0.216. The molecule has 1 amide bonds. The van der Waals surface area contributed by atoms with Gasteiger partial charge in [-0.3, -0.25) is 4.79 Å². The van der Waals surface area contributed by atoms with Crippen molar-refractivity contribution in [3.8, 4) is 11.5 Å². The summed E-state index contributed by atoms with van der Waals surface area (Å²) in [5.41, 5.74) is 3.17. The van der Waals surface area contributed by atoms with Crippen LogP contribution in [0.3, 0.4) is 0 Å². The van der Waals surface area contributed by atoms with E-state index in [1.54, 1.807) is 14.2 Å². The van der Waals surface area contributed by atoms with Crippen molar-refractivity contribution in [2.24, 2.45) is 0 Å². The number of halogens is 1. The highest BCUT2D eigenvalue weighted by Crippen LogP contribution is 2.41. The molecule has 5 heteroatoms. The van der Waals surface area contributed by atoms with Gasteiger partial charge >= 0.3 is 0 Å². The number of carbonyl (C=O) groups is 1. The summed E-state index contributed by atoms with van der Waals surface area (Å²) in [7, 11) is 3.23. The van der Waals surface area contributed by atoms with E-state index in [2.05, 4.69) is 6.58 Å². The van der Waals surface area contributed by atoms with Crippen LogP contribution in [0.5, 0.6) is 11.5 Å². The molecule has 0 N–H and O–H groups in total. The molecule has 25 heavy (non-hydrogen) atoms. The molecule has 0 saturated carbocycles. The fourth-order valence-electron chi connectivity index (χ4n) is 3.31. The maximum Gasteiger partial charge on any atom is 0.246 e. The van der Waals surface area contributed by atoms with Gasteiger partial charge in [0, 0.05) is 11.6 Å². The number of fused-ring (bicyclic) bond motifs is 1. The third-order valence-corrected chi connectivity index (χ3v) is 4.77. The van der Waals surface area contributed by atoms with E-state index in [4.69, 9.17) is 21.1 Å². The van der Waals surface area contributed by atoms with Gasteiger partial charge in [0.05, 0.1) is 20.3 Å². The van der Waals surface area contributed by atoms with E-state index in [1.807, 2.05) is 41.3 Å². The first-order chi connectivity index (χ1) is 12.1. The average molecular weight is 358 g/mol. The number of methoxy groups -OCH3 is 2. The van der Waals surface area contributed by atoms with Gasteiger partial charge in [-0.25, -0.2) is 0 Å². The molecule has 0 aromatic heterocycles. The van der Waals surface area contributed by atoms with Crippen molar-refractivity contribution in [2.75, 3.05) is 20.8 Å². The predicted octanol–water partition coefficient (Wildman–Crippen LogP) is 4.02. The largest absolute Gasteiger partial charge is 0.493 e. The molecule has 0 saturated heterocycles. The highest BCUT2D eigenvalue weighted by molar-refractivity contribution is 6.30. The van der Waals surface area contributed by atoms with Gasteiger partial charge in [0.25, 0.3) is 0 Å². The molecular formula is C20H20ClNO3. The average Bonchev–Trinajstić information content (AvgIpc) is 2.66. The molecule has 0 spiro atoms. The summed E-state index contributed by atoms with van der Waals surface area (Å²) in [5.74, 6) is 1.24.